The van der Waals surface area contributed by atoms with Gasteiger partial charge in [0.2, 0.25) is 8.91 Å². The Labute approximate surface area is 46.9 Å². The summed E-state index contributed by atoms with van der Waals surface area (Å²) in [5, 5.41) is 0. The number of rotatable bonds is 3. The minimum atomic E-state index is -1.90. The van der Waals surface area contributed by atoms with Crippen LogP contribution in [0.5, 0.6) is 0 Å². The number of hydrogen-bond acceptors (Lipinski definition) is 3. The van der Waals surface area contributed by atoms with Gasteiger partial charge in [-0.05, 0) is 6.92 Å². The van der Waals surface area contributed by atoms with Gasteiger partial charge in [0.25, 0.3) is 0 Å². The molecule has 1 atom stereocenters. The molecule has 1 unspecified atom stereocenters. The highest BCUT2D eigenvalue weighted by Crippen LogP contribution is 1.70. The van der Waals surface area contributed by atoms with Crippen LogP contribution in [0.3, 0.4) is 0 Å². The largest absolute Gasteiger partial charge is 0.776 e. The van der Waals surface area contributed by atoms with Crippen LogP contribution in [0, 0.1) is 0 Å². The van der Waals surface area contributed by atoms with E-state index in [1.165, 1.54) is 0 Å². The van der Waals surface area contributed by atoms with Crippen LogP contribution in [-0.4, -0.2) is 24.3 Å². The van der Waals surface area contributed by atoms with Crippen molar-refractivity contribution in [1.29, 1.82) is 0 Å². The highest BCUT2D eigenvalue weighted by atomic mass is 32.4. The Balaban J connectivity index is 2.82. The summed E-state index contributed by atoms with van der Waals surface area (Å²) in [6.07, 6.45) is 0. The first-order valence-corrected chi connectivity index (χ1v) is 5.46. The Morgan fingerprint density at radius 1 is 2.00 bits per heavy atom. The summed E-state index contributed by atoms with van der Waals surface area (Å²) in [5.74, 6) is 0. The topological polar surface area (TPSA) is 49.4 Å². The van der Waals surface area contributed by atoms with Gasteiger partial charge in [-0.3, -0.25) is 4.21 Å². The molecule has 0 radical (unpaired) electrons. The van der Waals surface area contributed by atoms with E-state index in [2.05, 4.69) is 4.43 Å². The van der Waals surface area contributed by atoms with Crippen molar-refractivity contribution >= 4 is 19.4 Å². The second-order valence-electron chi connectivity index (χ2n) is 0.914. The van der Waals surface area contributed by atoms with E-state index in [9.17, 15) is 8.76 Å². The molecule has 3 nitrogen and oxygen atoms in total. The van der Waals surface area contributed by atoms with Crippen molar-refractivity contribution in [2.75, 3.05) is 6.61 Å². The van der Waals surface area contributed by atoms with E-state index in [0.717, 1.165) is 0 Å². The smallest absolute Gasteiger partial charge is 0.241 e. The van der Waals surface area contributed by atoms with Crippen LogP contribution in [-0.2, 0) is 15.0 Å². The number of hydrogen-bond donors (Lipinski definition) is 0. The van der Waals surface area contributed by atoms with Crippen molar-refractivity contribution in [3.8, 4) is 0 Å². The summed E-state index contributed by atoms with van der Waals surface area (Å²) in [6, 6.07) is 0. The van der Waals surface area contributed by atoms with E-state index in [1.54, 1.807) is 6.92 Å². The van der Waals surface area contributed by atoms with E-state index >= 15 is 0 Å². The summed E-state index contributed by atoms with van der Waals surface area (Å²) < 4.78 is 24.0. The Morgan fingerprint density at radius 2 is 2.57 bits per heavy atom. The molecular weight excluding hydrogens is 132 g/mol. The Hall–Kier alpha value is 0.287. The lowest BCUT2D eigenvalue weighted by Gasteiger charge is -2.00. The maximum Gasteiger partial charge on any atom is 0.241 e. The van der Waals surface area contributed by atoms with Crippen LogP contribution >= 0.6 is 0 Å². The lowest BCUT2D eigenvalue weighted by Crippen LogP contribution is -2.04. The van der Waals surface area contributed by atoms with Gasteiger partial charge in [0.15, 0.2) is 0 Å². The van der Waals surface area contributed by atoms with Crippen molar-refractivity contribution < 1.29 is 13.2 Å². The summed E-state index contributed by atoms with van der Waals surface area (Å²) in [7, 11) is -3.14. The molecule has 44 valence electrons. The van der Waals surface area contributed by atoms with Crippen molar-refractivity contribution in [1.82, 2.24) is 0 Å². The zero-order chi connectivity index (χ0) is 5.70. The van der Waals surface area contributed by atoms with Crippen LogP contribution in [0.4, 0.5) is 0 Å². The molecule has 0 amide bonds. The monoisotopic (exact) mass is 139 g/mol. The molecule has 0 rings (SSSR count). The summed E-state index contributed by atoms with van der Waals surface area (Å²) in [5.41, 5.74) is 0. The summed E-state index contributed by atoms with van der Waals surface area (Å²) in [4.78, 5) is 0. The van der Waals surface area contributed by atoms with E-state index in [4.69, 9.17) is 0 Å². The van der Waals surface area contributed by atoms with Gasteiger partial charge in [0, 0.05) is 6.61 Å². The Kier molecular flexibility index (Phi) is 4.63. The molecule has 0 saturated carbocycles. The summed E-state index contributed by atoms with van der Waals surface area (Å²) >= 11 is 0. The third-order valence-corrected chi connectivity index (χ3v) is 2.23. The molecule has 7 heavy (non-hydrogen) atoms. The molecule has 0 aromatic rings. The predicted octanol–water partition coefficient (Wildman–Crippen LogP) is -1.10. The predicted molar refractivity (Wildman–Crippen MR) is 29.1 cm³/mol. The fourth-order valence-corrected chi connectivity index (χ4v) is 1.36. The minimum Gasteiger partial charge on any atom is -0.776 e. The first-order valence-electron chi connectivity index (χ1n) is 1.91. The molecule has 0 heterocycles. The molecule has 0 aromatic heterocycles. The van der Waals surface area contributed by atoms with Gasteiger partial charge in [0.05, 0.1) is 0 Å². The standard InChI is InChI=1S/C2H8O3SSi/c1-2-5-7-6(3)4/h2,7H2,1H3,(H,3,4)/p-1. The third-order valence-electron chi connectivity index (χ3n) is 0.384. The van der Waals surface area contributed by atoms with Gasteiger partial charge in [0.1, 0.15) is 0 Å². The zero-order valence-corrected chi connectivity index (χ0v) is 6.28. The van der Waals surface area contributed by atoms with Crippen molar-refractivity contribution in [2.45, 2.75) is 6.92 Å². The van der Waals surface area contributed by atoms with Crippen molar-refractivity contribution in [2.24, 2.45) is 0 Å². The molecule has 5 heteroatoms. The zero-order valence-electron chi connectivity index (χ0n) is 4.05. The molecule has 0 saturated heterocycles. The average Bonchev–Trinajstić information content (AvgIpc) is 1.61. The highest BCUT2D eigenvalue weighted by molar-refractivity contribution is 8.04. The van der Waals surface area contributed by atoms with E-state index < -0.39 is 19.4 Å². The molecule has 0 bridgehead atoms. The van der Waals surface area contributed by atoms with Crippen LogP contribution in [0.25, 0.3) is 0 Å². The van der Waals surface area contributed by atoms with E-state index in [-0.39, 0.29) is 0 Å². The molecule has 0 aliphatic rings. The molecule has 0 aromatic carbocycles. The lowest BCUT2D eigenvalue weighted by molar-refractivity contribution is 0.367. The second-order valence-corrected chi connectivity index (χ2v) is 4.29. The normalized spacial score (nSPS) is 15.7. The highest BCUT2D eigenvalue weighted by Gasteiger charge is 1.79. The van der Waals surface area contributed by atoms with E-state index in [0.29, 0.717) is 6.61 Å². The average molecular weight is 139 g/mol. The van der Waals surface area contributed by atoms with Gasteiger partial charge < -0.3 is 8.98 Å². The quantitative estimate of drug-likeness (QED) is 0.368. The molecular formula is C2H7O3SSi-. The lowest BCUT2D eigenvalue weighted by atomic mass is 10.9. The van der Waals surface area contributed by atoms with Gasteiger partial charge in [-0.15, -0.1) is 0 Å². The van der Waals surface area contributed by atoms with Gasteiger partial charge in [-0.2, -0.15) is 0 Å². The Bertz CT molecular complexity index is 66.0. The first-order chi connectivity index (χ1) is 3.27. The van der Waals surface area contributed by atoms with Crippen molar-refractivity contribution in [3.05, 3.63) is 0 Å². The maximum atomic E-state index is 9.69. The first kappa shape index (κ1) is 7.29. The Morgan fingerprint density at radius 3 is 2.71 bits per heavy atom. The van der Waals surface area contributed by atoms with Gasteiger partial charge in [-0.25, -0.2) is 0 Å². The van der Waals surface area contributed by atoms with Gasteiger partial charge in [-0.1, -0.05) is 10.5 Å². The van der Waals surface area contributed by atoms with Crippen LogP contribution in [0.15, 0.2) is 0 Å². The second kappa shape index (κ2) is 4.45. The fraction of sp³-hybridized carbons (Fsp3) is 1.00. The van der Waals surface area contributed by atoms with E-state index in [1.807, 2.05) is 0 Å². The molecule has 0 N–H and O–H groups in total. The summed E-state index contributed by atoms with van der Waals surface area (Å²) in [6.45, 7) is 2.29. The molecule has 0 aliphatic carbocycles. The fourth-order valence-electron chi connectivity index (χ4n) is 0.151. The van der Waals surface area contributed by atoms with Gasteiger partial charge >= 0.3 is 0 Å². The minimum absolute atomic E-state index is 0.514. The maximum absolute atomic E-state index is 9.69. The molecule has 0 aliphatic heterocycles. The molecule has 0 fully saturated rings. The van der Waals surface area contributed by atoms with Crippen molar-refractivity contribution in [3.63, 3.8) is 0 Å². The molecule has 0 spiro atoms. The van der Waals surface area contributed by atoms with Crippen LogP contribution < -0.4 is 0 Å². The third kappa shape index (κ3) is 6.29. The SMILES string of the molecule is CCO[SiH2]S(=O)[O-]. The van der Waals surface area contributed by atoms with Crippen LogP contribution in [0.1, 0.15) is 6.92 Å². The van der Waals surface area contributed by atoms with Crippen LogP contribution in [0.2, 0.25) is 0 Å².